The topological polar surface area (TPSA) is 92.7 Å². The standard InChI is InChI=1S/C12H13NO5/c14-7-6-10(11(15)16)13-12(17)18-8-9-4-2-1-3-5-9/h1-5,7,10H,6,8H2,(H,13,17)(H,15,16)/t10-/m0/s1. The first-order chi connectivity index (χ1) is 8.63. The first kappa shape index (κ1) is 13.7. The van der Waals surface area contributed by atoms with E-state index in [1.54, 1.807) is 24.3 Å². The van der Waals surface area contributed by atoms with E-state index in [1.165, 1.54) is 0 Å². The van der Waals surface area contributed by atoms with Gasteiger partial charge in [0.2, 0.25) is 0 Å². The Morgan fingerprint density at radius 1 is 1.33 bits per heavy atom. The average molecular weight is 251 g/mol. The molecule has 1 aromatic rings. The van der Waals surface area contributed by atoms with Crippen LogP contribution in [0.1, 0.15) is 12.0 Å². The third-order valence-electron chi connectivity index (χ3n) is 2.13. The quantitative estimate of drug-likeness (QED) is 0.734. The first-order valence-electron chi connectivity index (χ1n) is 5.27. The fourth-order valence-electron chi connectivity index (χ4n) is 1.22. The van der Waals surface area contributed by atoms with Crippen LogP contribution in [0.2, 0.25) is 0 Å². The van der Waals surface area contributed by atoms with Gasteiger partial charge in [0.15, 0.2) is 0 Å². The SMILES string of the molecule is O=CC[C@H](NC(=O)OCc1ccccc1)C(=O)O. The molecule has 0 aromatic heterocycles. The molecule has 0 radical (unpaired) electrons. The molecule has 0 aliphatic carbocycles. The van der Waals surface area contributed by atoms with Gasteiger partial charge in [0, 0.05) is 6.42 Å². The van der Waals surface area contributed by atoms with Gasteiger partial charge in [-0.1, -0.05) is 30.3 Å². The molecule has 1 amide bonds. The number of amides is 1. The maximum atomic E-state index is 11.3. The van der Waals surface area contributed by atoms with E-state index in [1.807, 2.05) is 6.07 Å². The van der Waals surface area contributed by atoms with E-state index in [0.717, 1.165) is 5.56 Å². The van der Waals surface area contributed by atoms with E-state index < -0.39 is 18.1 Å². The number of hydrogen-bond acceptors (Lipinski definition) is 4. The molecule has 1 aromatic carbocycles. The molecule has 1 rings (SSSR count). The lowest BCUT2D eigenvalue weighted by molar-refractivity contribution is -0.140. The Balaban J connectivity index is 2.41. The maximum Gasteiger partial charge on any atom is 0.408 e. The lowest BCUT2D eigenvalue weighted by atomic mass is 10.2. The Hall–Kier alpha value is -2.37. The van der Waals surface area contributed by atoms with Gasteiger partial charge in [-0.2, -0.15) is 0 Å². The Morgan fingerprint density at radius 3 is 2.56 bits per heavy atom. The molecule has 0 unspecified atom stereocenters. The van der Waals surface area contributed by atoms with Crippen LogP contribution in [0.5, 0.6) is 0 Å². The van der Waals surface area contributed by atoms with Crippen molar-refractivity contribution in [3.05, 3.63) is 35.9 Å². The van der Waals surface area contributed by atoms with Crippen LogP contribution in [0.3, 0.4) is 0 Å². The zero-order valence-corrected chi connectivity index (χ0v) is 9.54. The van der Waals surface area contributed by atoms with Gasteiger partial charge in [-0.05, 0) is 5.56 Å². The van der Waals surface area contributed by atoms with E-state index >= 15 is 0 Å². The normalized spacial score (nSPS) is 11.3. The fourth-order valence-corrected chi connectivity index (χ4v) is 1.22. The monoisotopic (exact) mass is 251 g/mol. The molecule has 1 atom stereocenters. The molecule has 0 aliphatic rings. The van der Waals surface area contributed by atoms with E-state index in [4.69, 9.17) is 9.84 Å². The van der Waals surface area contributed by atoms with Crippen LogP contribution in [0.15, 0.2) is 30.3 Å². The highest BCUT2D eigenvalue weighted by molar-refractivity contribution is 5.82. The number of alkyl carbamates (subject to hydrolysis) is 1. The molecule has 0 heterocycles. The molecule has 0 fully saturated rings. The van der Waals surface area contributed by atoms with Crippen molar-refractivity contribution < 1.29 is 24.2 Å². The van der Waals surface area contributed by atoms with Crippen LogP contribution in [0, 0.1) is 0 Å². The zero-order chi connectivity index (χ0) is 13.4. The van der Waals surface area contributed by atoms with Crippen molar-refractivity contribution >= 4 is 18.3 Å². The zero-order valence-electron chi connectivity index (χ0n) is 9.54. The number of carbonyl (C=O) groups is 3. The fraction of sp³-hybridized carbons (Fsp3) is 0.250. The summed E-state index contributed by atoms with van der Waals surface area (Å²) >= 11 is 0. The highest BCUT2D eigenvalue weighted by Crippen LogP contribution is 2.01. The predicted octanol–water partition coefficient (Wildman–Crippen LogP) is 0.955. The molecule has 0 saturated carbocycles. The highest BCUT2D eigenvalue weighted by Gasteiger charge is 2.19. The summed E-state index contributed by atoms with van der Waals surface area (Å²) in [6.45, 7) is 0.0418. The van der Waals surface area contributed by atoms with Gasteiger partial charge in [-0.25, -0.2) is 9.59 Å². The molecule has 2 N–H and O–H groups in total. The summed E-state index contributed by atoms with van der Waals surface area (Å²) in [6, 6.07) is 7.70. The molecular formula is C12H13NO5. The predicted molar refractivity (Wildman–Crippen MR) is 61.9 cm³/mol. The number of rotatable bonds is 6. The second-order valence-electron chi connectivity index (χ2n) is 3.50. The number of hydrogen-bond donors (Lipinski definition) is 2. The lowest BCUT2D eigenvalue weighted by Crippen LogP contribution is -2.41. The minimum Gasteiger partial charge on any atom is -0.480 e. The van der Waals surface area contributed by atoms with Crippen LogP contribution in [0.25, 0.3) is 0 Å². The Kier molecular flexibility index (Phi) is 5.37. The highest BCUT2D eigenvalue weighted by atomic mass is 16.5. The summed E-state index contributed by atoms with van der Waals surface area (Å²) in [5, 5.41) is 10.8. The van der Waals surface area contributed by atoms with Crippen molar-refractivity contribution in [2.45, 2.75) is 19.1 Å². The summed E-state index contributed by atoms with van der Waals surface area (Å²) in [4.78, 5) is 32.2. The van der Waals surface area contributed by atoms with Gasteiger partial charge in [0.1, 0.15) is 18.9 Å². The van der Waals surface area contributed by atoms with Crippen LogP contribution in [-0.4, -0.2) is 29.5 Å². The summed E-state index contributed by atoms with van der Waals surface area (Å²) in [5.41, 5.74) is 0.787. The maximum absolute atomic E-state index is 11.3. The summed E-state index contributed by atoms with van der Waals surface area (Å²) < 4.78 is 4.83. The second kappa shape index (κ2) is 7.05. The molecule has 0 saturated heterocycles. The van der Waals surface area contributed by atoms with Crippen molar-refractivity contribution in [1.29, 1.82) is 0 Å². The number of carboxylic acids is 1. The third-order valence-corrected chi connectivity index (χ3v) is 2.13. The van der Waals surface area contributed by atoms with Crippen LogP contribution < -0.4 is 5.32 Å². The first-order valence-corrected chi connectivity index (χ1v) is 5.27. The van der Waals surface area contributed by atoms with Gasteiger partial charge >= 0.3 is 12.1 Å². The van der Waals surface area contributed by atoms with Crippen molar-refractivity contribution in [3.8, 4) is 0 Å². The summed E-state index contributed by atoms with van der Waals surface area (Å²) in [7, 11) is 0. The van der Waals surface area contributed by atoms with Gasteiger partial charge in [-0.15, -0.1) is 0 Å². The number of carboxylic acid groups (broad SMARTS) is 1. The Labute approximate surface area is 104 Å². The van der Waals surface area contributed by atoms with Gasteiger partial charge < -0.3 is 20.0 Å². The van der Waals surface area contributed by atoms with E-state index in [0.29, 0.717) is 6.29 Å². The number of aliphatic carboxylic acids is 1. The minimum absolute atomic E-state index is 0.0418. The number of carbonyl (C=O) groups excluding carboxylic acids is 2. The van der Waals surface area contributed by atoms with Crippen LogP contribution >= 0.6 is 0 Å². The van der Waals surface area contributed by atoms with Crippen LogP contribution in [-0.2, 0) is 20.9 Å². The molecule has 0 aliphatic heterocycles. The van der Waals surface area contributed by atoms with Crippen molar-refractivity contribution in [2.75, 3.05) is 0 Å². The van der Waals surface area contributed by atoms with Crippen molar-refractivity contribution in [1.82, 2.24) is 5.32 Å². The van der Waals surface area contributed by atoms with E-state index in [9.17, 15) is 14.4 Å². The summed E-state index contributed by atoms with van der Waals surface area (Å²) in [6.07, 6.45) is -0.737. The van der Waals surface area contributed by atoms with E-state index in [-0.39, 0.29) is 13.0 Å². The summed E-state index contributed by atoms with van der Waals surface area (Å²) in [5.74, 6) is -1.28. The number of nitrogens with one attached hydrogen (secondary N) is 1. The molecular weight excluding hydrogens is 238 g/mol. The smallest absolute Gasteiger partial charge is 0.408 e. The van der Waals surface area contributed by atoms with Gasteiger partial charge in [-0.3, -0.25) is 0 Å². The minimum atomic E-state index is -1.28. The van der Waals surface area contributed by atoms with Gasteiger partial charge in [0.05, 0.1) is 0 Å². The second-order valence-corrected chi connectivity index (χ2v) is 3.50. The van der Waals surface area contributed by atoms with Crippen LogP contribution in [0.4, 0.5) is 4.79 Å². The molecule has 0 spiro atoms. The average Bonchev–Trinajstić information content (AvgIpc) is 2.37. The third kappa shape index (κ3) is 4.65. The van der Waals surface area contributed by atoms with Crippen molar-refractivity contribution in [2.24, 2.45) is 0 Å². The molecule has 96 valence electrons. The molecule has 18 heavy (non-hydrogen) atoms. The molecule has 0 bridgehead atoms. The van der Waals surface area contributed by atoms with Gasteiger partial charge in [0.25, 0.3) is 0 Å². The number of ether oxygens (including phenoxy) is 1. The number of aldehydes is 1. The number of benzene rings is 1. The Bertz CT molecular complexity index is 418. The van der Waals surface area contributed by atoms with Crippen molar-refractivity contribution in [3.63, 3.8) is 0 Å². The largest absolute Gasteiger partial charge is 0.480 e. The molecule has 6 nitrogen and oxygen atoms in total. The molecule has 6 heteroatoms. The Morgan fingerprint density at radius 2 is 2.00 bits per heavy atom. The van der Waals surface area contributed by atoms with E-state index in [2.05, 4.69) is 5.32 Å². The lowest BCUT2D eigenvalue weighted by Gasteiger charge is -2.11.